The molecule has 0 aromatic heterocycles. The Morgan fingerprint density at radius 3 is 2.60 bits per heavy atom. The highest BCUT2D eigenvalue weighted by Gasteiger charge is 2.19. The van der Waals surface area contributed by atoms with Gasteiger partial charge < -0.3 is 19.5 Å². The van der Waals surface area contributed by atoms with Gasteiger partial charge in [0.15, 0.2) is 11.5 Å². The van der Waals surface area contributed by atoms with Crippen molar-refractivity contribution in [3.05, 3.63) is 23.8 Å². The van der Waals surface area contributed by atoms with Gasteiger partial charge in [-0.1, -0.05) is 6.07 Å². The van der Waals surface area contributed by atoms with E-state index in [9.17, 15) is 4.79 Å². The smallest absolute Gasteiger partial charge is 0.255 e. The fourth-order valence-electron chi connectivity index (χ4n) is 1.86. The fraction of sp³-hybridized carbons (Fsp3) is 0.500. The Kier molecular flexibility index (Phi) is 7.18. The molecule has 0 radical (unpaired) electrons. The number of halogens is 1. The van der Waals surface area contributed by atoms with Crippen molar-refractivity contribution in [1.82, 2.24) is 5.32 Å². The van der Waals surface area contributed by atoms with Gasteiger partial charge in [0, 0.05) is 13.0 Å². The third-order valence-electron chi connectivity index (χ3n) is 2.81. The van der Waals surface area contributed by atoms with Crippen molar-refractivity contribution in [2.75, 3.05) is 33.8 Å². The summed E-state index contributed by atoms with van der Waals surface area (Å²) in [7, 11) is 4.61. The number of alkyl halides is 1. The second kappa shape index (κ2) is 8.66. The lowest BCUT2D eigenvalue weighted by molar-refractivity contribution is 0.0891. The van der Waals surface area contributed by atoms with Crippen molar-refractivity contribution < 1.29 is 19.0 Å². The minimum atomic E-state index is -0.243. The molecule has 0 saturated heterocycles. The maximum Gasteiger partial charge on any atom is 0.255 e. The number of hydrogen-bond donors (Lipinski definition) is 1. The van der Waals surface area contributed by atoms with Crippen molar-refractivity contribution in [3.8, 4) is 11.5 Å². The number of ether oxygens (including phenoxy) is 3. The summed E-state index contributed by atoms with van der Waals surface area (Å²) in [4.78, 5) is 12.3. The molecular formula is C14H20ClNO4. The molecule has 0 aliphatic rings. The molecule has 112 valence electrons. The highest BCUT2D eigenvalue weighted by atomic mass is 35.5. The predicted octanol–water partition coefficient (Wildman–Crippen LogP) is 2.08. The number of carbonyl (C=O) groups is 1. The normalized spacial score (nSPS) is 11.8. The summed E-state index contributed by atoms with van der Waals surface area (Å²) in [6, 6.07) is 5.02. The van der Waals surface area contributed by atoms with Crippen LogP contribution in [0.1, 0.15) is 16.8 Å². The first-order valence-corrected chi connectivity index (χ1v) is 6.78. The van der Waals surface area contributed by atoms with Crippen LogP contribution in [0.4, 0.5) is 0 Å². The van der Waals surface area contributed by atoms with Gasteiger partial charge in [0.2, 0.25) is 0 Å². The molecule has 0 heterocycles. The molecule has 5 nitrogen and oxygen atoms in total. The largest absolute Gasteiger partial charge is 0.493 e. The summed E-state index contributed by atoms with van der Waals surface area (Å²) >= 11 is 5.72. The molecule has 1 unspecified atom stereocenters. The first kappa shape index (κ1) is 16.6. The zero-order valence-electron chi connectivity index (χ0n) is 11.9. The number of para-hydroxylation sites is 1. The summed E-state index contributed by atoms with van der Waals surface area (Å²) < 4.78 is 15.5. The van der Waals surface area contributed by atoms with Gasteiger partial charge in [-0.25, -0.2) is 0 Å². The average molecular weight is 302 g/mol. The van der Waals surface area contributed by atoms with Crippen molar-refractivity contribution in [2.45, 2.75) is 12.5 Å². The number of methoxy groups -OCH3 is 3. The van der Waals surface area contributed by atoms with E-state index in [1.165, 1.54) is 14.2 Å². The van der Waals surface area contributed by atoms with Crippen LogP contribution in [0, 0.1) is 0 Å². The SMILES string of the molecule is COCC(CCCl)NC(=O)c1cccc(OC)c1OC. The van der Waals surface area contributed by atoms with Crippen molar-refractivity contribution in [2.24, 2.45) is 0 Å². The van der Waals surface area contributed by atoms with Gasteiger partial charge >= 0.3 is 0 Å². The Labute approximate surface area is 124 Å². The maximum absolute atomic E-state index is 12.3. The molecule has 1 N–H and O–H groups in total. The van der Waals surface area contributed by atoms with Gasteiger partial charge in [0.25, 0.3) is 5.91 Å². The van der Waals surface area contributed by atoms with E-state index in [0.717, 1.165) is 0 Å². The zero-order chi connectivity index (χ0) is 15.0. The van der Waals surface area contributed by atoms with E-state index in [2.05, 4.69) is 5.32 Å². The third kappa shape index (κ3) is 4.28. The molecule has 1 aromatic carbocycles. The summed E-state index contributed by atoms with van der Waals surface area (Å²) in [5, 5.41) is 2.88. The molecule has 0 spiro atoms. The summed E-state index contributed by atoms with van der Waals surface area (Å²) in [6.07, 6.45) is 0.632. The number of nitrogens with one attached hydrogen (secondary N) is 1. The summed E-state index contributed by atoms with van der Waals surface area (Å²) in [5.41, 5.74) is 0.419. The second-order valence-electron chi connectivity index (χ2n) is 4.14. The molecule has 1 rings (SSSR count). The van der Waals surface area contributed by atoms with E-state index in [4.69, 9.17) is 25.8 Å². The fourth-order valence-corrected chi connectivity index (χ4v) is 2.12. The average Bonchev–Trinajstić information content (AvgIpc) is 2.46. The lowest BCUT2D eigenvalue weighted by Gasteiger charge is -2.18. The van der Waals surface area contributed by atoms with Crippen LogP contribution in [0.3, 0.4) is 0 Å². The minimum Gasteiger partial charge on any atom is -0.493 e. The molecule has 20 heavy (non-hydrogen) atoms. The van der Waals surface area contributed by atoms with Crippen LogP contribution in [-0.4, -0.2) is 45.8 Å². The van der Waals surface area contributed by atoms with Crippen LogP contribution in [0.15, 0.2) is 18.2 Å². The standard InChI is InChI=1S/C14H20ClNO4/c1-18-9-10(7-8-15)16-14(17)11-5-4-6-12(19-2)13(11)20-3/h4-6,10H,7-9H2,1-3H3,(H,16,17). The Bertz CT molecular complexity index is 433. The molecule has 1 amide bonds. The Hall–Kier alpha value is -1.46. The number of rotatable bonds is 8. The maximum atomic E-state index is 12.3. The first-order valence-electron chi connectivity index (χ1n) is 6.24. The lowest BCUT2D eigenvalue weighted by atomic mass is 10.1. The van der Waals surface area contributed by atoms with Crippen LogP contribution >= 0.6 is 11.6 Å². The number of carbonyl (C=O) groups excluding carboxylic acids is 1. The van der Waals surface area contributed by atoms with Crippen LogP contribution < -0.4 is 14.8 Å². The van der Waals surface area contributed by atoms with Crippen molar-refractivity contribution in [3.63, 3.8) is 0 Å². The van der Waals surface area contributed by atoms with Gasteiger partial charge in [-0.2, -0.15) is 0 Å². The molecule has 0 aliphatic heterocycles. The van der Waals surface area contributed by atoms with E-state index in [1.807, 2.05) is 0 Å². The van der Waals surface area contributed by atoms with Crippen LogP contribution in [0.2, 0.25) is 0 Å². The summed E-state index contributed by atoms with van der Waals surface area (Å²) in [6.45, 7) is 0.407. The van der Waals surface area contributed by atoms with Gasteiger partial charge in [0.1, 0.15) is 0 Å². The molecule has 0 saturated carbocycles. The molecule has 0 fully saturated rings. The second-order valence-corrected chi connectivity index (χ2v) is 4.52. The number of benzene rings is 1. The zero-order valence-corrected chi connectivity index (χ0v) is 12.7. The molecule has 1 aromatic rings. The van der Waals surface area contributed by atoms with Crippen LogP contribution in [0.5, 0.6) is 11.5 Å². The van der Waals surface area contributed by atoms with E-state index < -0.39 is 0 Å². The highest BCUT2D eigenvalue weighted by Crippen LogP contribution is 2.30. The molecule has 1 atom stereocenters. The third-order valence-corrected chi connectivity index (χ3v) is 3.03. The molecular weight excluding hydrogens is 282 g/mol. The highest BCUT2D eigenvalue weighted by molar-refractivity contribution is 6.17. The quantitative estimate of drug-likeness (QED) is 0.747. The van der Waals surface area contributed by atoms with Crippen LogP contribution in [-0.2, 0) is 4.74 Å². The van der Waals surface area contributed by atoms with Gasteiger partial charge in [0.05, 0.1) is 32.4 Å². The number of hydrogen-bond acceptors (Lipinski definition) is 4. The number of amides is 1. The molecule has 6 heteroatoms. The topological polar surface area (TPSA) is 56.8 Å². The van der Waals surface area contributed by atoms with Crippen molar-refractivity contribution in [1.29, 1.82) is 0 Å². The van der Waals surface area contributed by atoms with E-state index in [0.29, 0.717) is 36.0 Å². The minimum absolute atomic E-state index is 0.138. The lowest BCUT2D eigenvalue weighted by Crippen LogP contribution is -2.38. The van der Waals surface area contributed by atoms with Crippen LogP contribution in [0.25, 0.3) is 0 Å². The summed E-state index contributed by atoms with van der Waals surface area (Å²) in [5.74, 6) is 1.13. The van der Waals surface area contributed by atoms with E-state index in [1.54, 1.807) is 25.3 Å². The molecule has 0 bridgehead atoms. The van der Waals surface area contributed by atoms with E-state index >= 15 is 0 Å². The Morgan fingerprint density at radius 1 is 1.30 bits per heavy atom. The van der Waals surface area contributed by atoms with Crippen molar-refractivity contribution >= 4 is 17.5 Å². The first-order chi connectivity index (χ1) is 9.67. The Morgan fingerprint density at radius 2 is 2.05 bits per heavy atom. The van der Waals surface area contributed by atoms with Gasteiger partial charge in [-0.15, -0.1) is 11.6 Å². The Balaban J connectivity index is 2.90. The van der Waals surface area contributed by atoms with Gasteiger partial charge in [-0.3, -0.25) is 4.79 Å². The molecule has 0 aliphatic carbocycles. The van der Waals surface area contributed by atoms with Gasteiger partial charge in [-0.05, 0) is 18.6 Å². The predicted molar refractivity (Wildman–Crippen MR) is 78.0 cm³/mol. The monoisotopic (exact) mass is 301 g/mol. The van der Waals surface area contributed by atoms with E-state index in [-0.39, 0.29) is 11.9 Å².